The largest absolute Gasteiger partial charge is 0.434 e. The molecule has 1 aliphatic heterocycles. The quantitative estimate of drug-likeness (QED) is 0.713. The van der Waals surface area contributed by atoms with E-state index in [0.29, 0.717) is 31.7 Å². The predicted molar refractivity (Wildman–Crippen MR) is 95.3 cm³/mol. The number of halogens is 3. The fraction of sp³-hybridized carbons (Fsp3) is 0.438. The maximum Gasteiger partial charge on any atom is 0.434 e. The number of nitrogens with zero attached hydrogens (tertiary/aromatic N) is 4. The third-order valence-corrected chi connectivity index (χ3v) is 5.45. The highest BCUT2D eigenvalue weighted by Crippen LogP contribution is 2.39. The monoisotopic (exact) mass is 400 g/mol. The Morgan fingerprint density at radius 1 is 1.26 bits per heavy atom. The topological polar surface area (TPSA) is 114 Å². The molecule has 0 spiro atoms. The van der Waals surface area contributed by atoms with Crippen molar-refractivity contribution in [3.63, 3.8) is 0 Å². The van der Waals surface area contributed by atoms with Gasteiger partial charge in [-0.3, -0.25) is 4.98 Å². The third-order valence-electron chi connectivity index (χ3n) is 4.40. The number of pyridine rings is 1. The molecule has 1 fully saturated rings. The number of rotatable bonds is 4. The van der Waals surface area contributed by atoms with E-state index in [4.69, 9.17) is 11.5 Å². The molecule has 27 heavy (non-hydrogen) atoms. The van der Waals surface area contributed by atoms with Crippen LogP contribution in [0, 0.1) is 0 Å². The third kappa shape index (κ3) is 4.42. The standard InChI is InChI=1S/C16H19F3N6OS/c17-16(18,19)12-10(2-1-5-22-12)27-14-13(20)24-11(8-23-14)25-6-3-15(21,9-26)4-7-25/h1-2,5,8,26H,3-4,6-7,9,21H2,(H2,20,24). The maximum atomic E-state index is 13.1. The second-order valence-corrected chi connectivity index (χ2v) is 7.41. The van der Waals surface area contributed by atoms with Crippen molar-refractivity contribution in [2.75, 3.05) is 30.3 Å². The van der Waals surface area contributed by atoms with E-state index in [-0.39, 0.29) is 22.3 Å². The lowest BCUT2D eigenvalue weighted by atomic mass is 9.90. The minimum atomic E-state index is -4.57. The molecule has 3 rings (SSSR count). The normalized spacial score (nSPS) is 17.1. The number of hydrogen-bond acceptors (Lipinski definition) is 8. The molecule has 0 bridgehead atoms. The molecular formula is C16H19F3N6OS. The van der Waals surface area contributed by atoms with E-state index < -0.39 is 17.4 Å². The van der Waals surface area contributed by atoms with Crippen LogP contribution >= 0.6 is 11.8 Å². The lowest BCUT2D eigenvalue weighted by molar-refractivity contribution is -0.143. The Bertz CT molecular complexity index is 811. The minimum absolute atomic E-state index is 0.0428. The van der Waals surface area contributed by atoms with Crippen LogP contribution in [0.3, 0.4) is 0 Å². The van der Waals surface area contributed by atoms with E-state index in [2.05, 4.69) is 15.0 Å². The molecule has 0 saturated carbocycles. The fourth-order valence-electron chi connectivity index (χ4n) is 2.74. The minimum Gasteiger partial charge on any atom is -0.394 e. The van der Waals surface area contributed by atoms with Crippen LogP contribution in [0.1, 0.15) is 18.5 Å². The first-order chi connectivity index (χ1) is 12.7. The predicted octanol–water partition coefficient (Wildman–Crippen LogP) is 1.91. The summed E-state index contributed by atoms with van der Waals surface area (Å²) in [7, 11) is 0. The van der Waals surface area contributed by atoms with Gasteiger partial charge in [-0.15, -0.1) is 0 Å². The lowest BCUT2D eigenvalue weighted by Gasteiger charge is -2.38. The second kappa shape index (κ2) is 7.49. The van der Waals surface area contributed by atoms with Crippen LogP contribution < -0.4 is 16.4 Å². The average Bonchev–Trinajstić information content (AvgIpc) is 2.64. The number of aliphatic hydroxyl groups is 1. The van der Waals surface area contributed by atoms with Crippen LogP contribution in [-0.2, 0) is 6.18 Å². The highest BCUT2D eigenvalue weighted by atomic mass is 32.2. The van der Waals surface area contributed by atoms with Gasteiger partial charge in [-0.05, 0) is 25.0 Å². The number of nitrogen functional groups attached to an aromatic ring is 1. The van der Waals surface area contributed by atoms with Gasteiger partial charge in [0.15, 0.2) is 11.5 Å². The first kappa shape index (κ1) is 19.6. The van der Waals surface area contributed by atoms with Crippen LogP contribution in [0.5, 0.6) is 0 Å². The molecule has 2 aromatic rings. The molecule has 1 aliphatic rings. The Morgan fingerprint density at radius 2 is 1.96 bits per heavy atom. The molecule has 146 valence electrons. The van der Waals surface area contributed by atoms with Gasteiger partial charge in [0.05, 0.1) is 12.8 Å². The average molecular weight is 400 g/mol. The van der Waals surface area contributed by atoms with Gasteiger partial charge in [0.1, 0.15) is 10.8 Å². The summed E-state index contributed by atoms with van der Waals surface area (Å²) >= 11 is 0.774. The summed E-state index contributed by atoms with van der Waals surface area (Å²) in [6.45, 7) is 1.08. The van der Waals surface area contributed by atoms with Crippen molar-refractivity contribution in [3.8, 4) is 0 Å². The summed E-state index contributed by atoms with van der Waals surface area (Å²) in [6.07, 6.45) is -0.824. The Morgan fingerprint density at radius 3 is 2.56 bits per heavy atom. The molecule has 0 amide bonds. The second-order valence-electron chi connectivity index (χ2n) is 6.38. The Labute approximate surface area is 158 Å². The van der Waals surface area contributed by atoms with Crippen molar-refractivity contribution in [2.45, 2.75) is 34.5 Å². The Hall–Kier alpha value is -2.11. The van der Waals surface area contributed by atoms with Crippen molar-refractivity contribution >= 4 is 23.4 Å². The van der Waals surface area contributed by atoms with Crippen molar-refractivity contribution in [2.24, 2.45) is 5.73 Å². The van der Waals surface area contributed by atoms with Crippen molar-refractivity contribution in [3.05, 3.63) is 30.2 Å². The number of aliphatic hydroxyl groups excluding tert-OH is 1. The Balaban J connectivity index is 1.77. The van der Waals surface area contributed by atoms with Gasteiger partial charge in [-0.25, -0.2) is 9.97 Å². The summed E-state index contributed by atoms with van der Waals surface area (Å²) in [5.41, 5.74) is 10.4. The van der Waals surface area contributed by atoms with Crippen LogP contribution in [-0.4, -0.2) is 45.3 Å². The molecule has 0 aromatic carbocycles. The maximum absolute atomic E-state index is 13.1. The van der Waals surface area contributed by atoms with Crippen molar-refractivity contribution in [1.82, 2.24) is 15.0 Å². The lowest BCUT2D eigenvalue weighted by Crippen LogP contribution is -2.53. The first-order valence-electron chi connectivity index (χ1n) is 8.19. The molecule has 3 heterocycles. The highest BCUT2D eigenvalue weighted by Gasteiger charge is 2.36. The van der Waals surface area contributed by atoms with E-state index in [9.17, 15) is 18.3 Å². The number of anilines is 2. The molecule has 5 N–H and O–H groups in total. The summed E-state index contributed by atoms with van der Waals surface area (Å²) in [5, 5.41) is 9.51. The summed E-state index contributed by atoms with van der Waals surface area (Å²) in [5.74, 6) is 0.570. The molecule has 11 heteroatoms. The molecule has 2 aromatic heterocycles. The molecule has 7 nitrogen and oxygen atoms in total. The van der Waals surface area contributed by atoms with Crippen molar-refractivity contribution in [1.29, 1.82) is 0 Å². The van der Waals surface area contributed by atoms with E-state index in [1.165, 1.54) is 18.3 Å². The van der Waals surface area contributed by atoms with E-state index in [1.54, 1.807) is 0 Å². The molecule has 1 saturated heterocycles. The van der Waals surface area contributed by atoms with Gasteiger partial charge >= 0.3 is 6.18 Å². The number of aromatic nitrogens is 3. The van der Waals surface area contributed by atoms with Gasteiger partial charge in [0.2, 0.25) is 0 Å². The first-order valence-corrected chi connectivity index (χ1v) is 9.01. The fourth-order valence-corrected chi connectivity index (χ4v) is 3.62. The number of hydrogen-bond donors (Lipinski definition) is 3. The van der Waals surface area contributed by atoms with Crippen LogP contribution in [0.4, 0.5) is 24.8 Å². The SMILES string of the molecule is Nc1nc(N2CCC(N)(CO)CC2)cnc1Sc1cccnc1C(F)(F)F. The number of nitrogens with two attached hydrogens (primary N) is 2. The molecule has 0 unspecified atom stereocenters. The summed E-state index contributed by atoms with van der Waals surface area (Å²) < 4.78 is 39.2. The van der Waals surface area contributed by atoms with E-state index >= 15 is 0 Å². The number of alkyl halides is 3. The van der Waals surface area contributed by atoms with Crippen molar-refractivity contribution < 1.29 is 18.3 Å². The summed E-state index contributed by atoms with van der Waals surface area (Å²) in [6, 6.07) is 2.74. The van der Waals surface area contributed by atoms with Crippen LogP contribution in [0.15, 0.2) is 34.4 Å². The zero-order chi connectivity index (χ0) is 19.7. The number of piperidine rings is 1. The van der Waals surface area contributed by atoms with Gasteiger partial charge in [0.25, 0.3) is 0 Å². The van der Waals surface area contributed by atoms with Crippen LogP contribution in [0.2, 0.25) is 0 Å². The molecular weight excluding hydrogens is 381 g/mol. The highest BCUT2D eigenvalue weighted by molar-refractivity contribution is 7.99. The van der Waals surface area contributed by atoms with E-state index in [0.717, 1.165) is 18.0 Å². The van der Waals surface area contributed by atoms with E-state index in [1.807, 2.05) is 4.90 Å². The summed E-state index contributed by atoms with van der Waals surface area (Å²) in [4.78, 5) is 13.7. The van der Waals surface area contributed by atoms with Gasteiger partial charge in [-0.2, -0.15) is 13.2 Å². The van der Waals surface area contributed by atoms with Gasteiger partial charge < -0.3 is 21.5 Å². The molecule has 0 radical (unpaired) electrons. The van der Waals surface area contributed by atoms with Gasteiger partial charge in [-0.1, -0.05) is 11.8 Å². The zero-order valence-electron chi connectivity index (χ0n) is 14.3. The van der Waals surface area contributed by atoms with Crippen LogP contribution in [0.25, 0.3) is 0 Å². The smallest absolute Gasteiger partial charge is 0.394 e. The van der Waals surface area contributed by atoms with Gasteiger partial charge in [0, 0.05) is 29.7 Å². The molecule has 0 atom stereocenters. The Kier molecular flexibility index (Phi) is 5.45. The molecule has 0 aliphatic carbocycles. The zero-order valence-corrected chi connectivity index (χ0v) is 15.1.